The molecule has 8 nitrogen and oxygen atoms in total. The van der Waals surface area contributed by atoms with Gasteiger partial charge < -0.3 is 15.5 Å². The first-order chi connectivity index (χ1) is 16.5. The summed E-state index contributed by atoms with van der Waals surface area (Å²) in [7, 11) is -0.487. The molecule has 0 saturated heterocycles. The number of hydrogen-bond acceptors (Lipinski definition) is 6. The van der Waals surface area contributed by atoms with Crippen molar-refractivity contribution in [2.75, 3.05) is 20.7 Å². The van der Waals surface area contributed by atoms with Crippen LogP contribution in [-0.2, 0) is 29.3 Å². The second kappa shape index (κ2) is 12.8. The number of carbonyl (C=O) groups excluding carboxylic acids is 2. The van der Waals surface area contributed by atoms with Crippen molar-refractivity contribution in [3.8, 4) is 0 Å². The molecule has 0 radical (unpaired) electrons. The molecule has 9 heteroatoms. The van der Waals surface area contributed by atoms with Gasteiger partial charge in [-0.05, 0) is 36.9 Å². The maximum absolute atomic E-state index is 13.7. The fourth-order valence-corrected chi connectivity index (χ4v) is 5.02. The average Bonchev–Trinajstić information content (AvgIpc) is 2.76. The van der Waals surface area contributed by atoms with E-state index in [1.54, 1.807) is 21.0 Å². The number of amides is 2. The van der Waals surface area contributed by atoms with Gasteiger partial charge in [0.05, 0.1) is 24.1 Å². The lowest BCUT2D eigenvalue weighted by Crippen LogP contribution is -2.61. The van der Waals surface area contributed by atoms with E-state index in [1.807, 2.05) is 78.8 Å². The summed E-state index contributed by atoms with van der Waals surface area (Å²) in [5.41, 5.74) is -0.150. The molecule has 0 spiro atoms. The molecule has 1 rings (SSSR count). The topological polar surface area (TPSA) is 105 Å². The summed E-state index contributed by atoms with van der Waals surface area (Å²) in [4.78, 5) is 28.8. The molecule has 204 valence electrons. The standard InChI is InChI=1S/C27H45N3O5S/c1-11-35-36(33,34)18-17-21(19(2)3)30(10)25(32)23(26(4,5)6)29-24(31)22(28-9)27(7,8)20-15-13-12-14-16-20/h12-19,21-23,28H,11H2,1-10H3,(H,29,31)/b18-17+/t21-,22-,23-/m1/s1. The van der Waals surface area contributed by atoms with Crippen molar-refractivity contribution in [1.82, 2.24) is 15.5 Å². The molecule has 0 aliphatic heterocycles. The number of nitrogens with one attached hydrogen (secondary N) is 2. The summed E-state index contributed by atoms with van der Waals surface area (Å²) in [5.74, 6) is -0.672. The second-order valence-corrected chi connectivity index (χ2v) is 12.5. The van der Waals surface area contributed by atoms with Crippen LogP contribution in [0, 0.1) is 11.3 Å². The number of benzene rings is 1. The predicted octanol–water partition coefficient (Wildman–Crippen LogP) is 3.45. The van der Waals surface area contributed by atoms with E-state index in [1.165, 1.54) is 11.0 Å². The first kappa shape index (κ1) is 31.8. The van der Waals surface area contributed by atoms with Gasteiger partial charge in [0.25, 0.3) is 10.1 Å². The van der Waals surface area contributed by atoms with Crippen molar-refractivity contribution in [1.29, 1.82) is 0 Å². The summed E-state index contributed by atoms with van der Waals surface area (Å²) >= 11 is 0. The van der Waals surface area contributed by atoms with Crippen LogP contribution in [0.5, 0.6) is 0 Å². The van der Waals surface area contributed by atoms with E-state index < -0.39 is 39.1 Å². The third-order valence-corrected chi connectivity index (χ3v) is 7.45. The molecule has 1 aromatic carbocycles. The first-order valence-electron chi connectivity index (χ1n) is 12.4. The van der Waals surface area contributed by atoms with Gasteiger partial charge in [-0.1, -0.05) is 78.8 Å². The van der Waals surface area contributed by atoms with Gasteiger partial charge in [-0.25, -0.2) is 0 Å². The highest BCUT2D eigenvalue weighted by Crippen LogP contribution is 2.29. The minimum atomic E-state index is -3.84. The molecule has 0 aromatic heterocycles. The molecule has 0 aliphatic rings. The predicted molar refractivity (Wildman–Crippen MR) is 145 cm³/mol. The van der Waals surface area contributed by atoms with Gasteiger partial charge in [-0.3, -0.25) is 13.8 Å². The van der Waals surface area contributed by atoms with Crippen LogP contribution in [0.1, 0.15) is 61.0 Å². The molecule has 0 heterocycles. The van der Waals surface area contributed by atoms with E-state index in [-0.39, 0.29) is 24.3 Å². The van der Waals surface area contributed by atoms with Crippen LogP contribution in [-0.4, -0.2) is 64.0 Å². The average molecular weight is 524 g/mol. The van der Waals surface area contributed by atoms with Gasteiger partial charge in [0.2, 0.25) is 11.8 Å². The van der Waals surface area contributed by atoms with Crippen molar-refractivity contribution in [2.45, 2.75) is 78.9 Å². The highest BCUT2D eigenvalue weighted by Gasteiger charge is 2.41. The molecular weight excluding hydrogens is 478 g/mol. The zero-order valence-corrected chi connectivity index (χ0v) is 24.3. The van der Waals surface area contributed by atoms with Gasteiger partial charge in [0.15, 0.2) is 0 Å². The van der Waals surface area contributed by atoms with Crippen LogP contribution >= 0.6 is 0 Å². The Hall–Kier alpha value is -2.23. The molecule has 0 unspecified atom stereocenters. The molecule has 0 fully saturated rings. The van der Waals surface area contributed by atoms with Crippen LogP contribution in [0.2, 0.25) is 0 Å². The van der Waals surface area contributed by atoms with Crippen LogP contribution < -0.4 is 10.6 Å². The Balaban J connectivity index is 3.27. The van der Waals surface area contributed by atoms with Crippen molar-refractivity contribution in [2.24, 2.45) is 11.3 Å². The summed E-state index contributed by atoms with van der Waals surface area (Å²) in [6.07, 6.45) is 1.46. The normalized spacial score (nSPS) is 15.5. The van der Waals surface area contributed by atoms with Gasteiger partial charge in [0.1, 0.15) is 6.04 Å². The van der Waals surface area contributed by atoms with Crippen molar-refractivity contribution < 1.29 is 22.2 Å². The molecule has 36 heavy (non-hydrogen) atoms. The van der Waals surface area contributed by atoms with Crippen LogP contribution in [0.15, 0.2) is 41.8 Å². The fourth-order valence-electron chi connectivity index (χ4n) is 4.26. The van der Waals surface area contributed by atoms with E-state index in [2.05, 4.69) is 10.6 Å². The minimum Gasteiger partial charge on any atom is -0.342 e. The van der Waals surface area contributed by atoms with E-state index in [9.17, 15) is 18.0 Å². The van der Waals surface area contributed by atoms with Gasteiger partial charge >= 0.3 is 0 Å². The van der Waals surface area contributed by atoms with Crippen molar-refractivity contribution in [3.05, 3.63) is 47.4 Å². The Kier molecular flexibility index (Phi) is 11.3. The monoisotopic (exact) mass is 523 g/mol. The molecule has 0 saturated carbocycles. The number of nitrogens with zero attached hydrogens (tertiary/aromatic N) is 1. The molecule has 0 aliphatic carbocycles. The number of rotatable bonds is 12. The van der Waals surface area contributed by atoms with E-state index in [0.717, 1.165) is 11.0 Å². The quantitative estimate of drug-likeness (QED) is 0.407. The Morgan fingerprint density at radius 2 is 1.61 bits per heavy atom. The second-order valence-electron chi connectivity index (χ2n) is 11.0. The summed E-state index contributed by atoms with van der Waals surface area (Å²) in [6, 6.07) is 7.80. The summed E-state index contributed by atoms with van der Waals surface area (Å²) < 4.78 is 28.8. The SMILES string of the molecule is CCOS(=O)(=O)/C=C/[C@H](C(C)C)N(C)C(=O)[C@@H](NC(=O)[C@@H](NC)C(C)(C)c1ccccc1)C(C)(C)C. The molecule has 0 bridgehead atoms. The maximum atomic E-state index is 13.7. The number of carbonyl (C=O) groups is 2. The van der Waals surface area contributed by atoms with E-state index >= 15 is 0 Å². The third-order valence-electron chi connectivity index (χ3n) is 6.39. The van der Waals surface area contributed by atoms with Crippen molar-refractivity contribution in [3.63, 3.8) is 0 Å². The summed E-state index contributed by atoms with van der Waals surface area (Å²) in [6.45, 7) is 15.1. The smallest absolute Gasteiger partial charge is 0.289 e. The van der Waals surface area contributed by atoms with E-state index in [0.29, 0.717) is 0 Å². The molecule has 3 atom stereocenters. The molecule has 2 amide bonds. The Morgan fingerprint density at radius 3 is 2.06 bits per heavy atom. The highest BCUT2D eigenvalue weighted by molar-refractivity contribution is 7.89. The maximum Gasteiger partial charge on any atom is 0.289 e. The van der Waals surface area contributed by atoms with Gasteiger partial charge in [0, 0.05) is 12.5 Å². The Bertz CT molecular complexity index is 998. The highest BCUT2D eigenvalue weighted by atomic mass is 32.2. The zero-order valence-electron chi connectivity index (χ0n) is 23.5. The Labute approximate surface area is 218 Å². The lowest BCUT2D eigenvalue weighted by atomic mass is 9.76. The fraction of sp³-hybridized carbons (Fsp3) is 0.630. The zero-order chi connectivity index (χ0) is 27.9. The van der Waals surface area contributed by atoms with Crippen LogP contribution in [0.4, 0.5) is 0 Å². The Morgan fingerprint density at radius 1 is 1.06 bits per heavy atom. The largest absolute Gasteiger partial charge is 0.342 e. The molecule has 1 aromatic rings. The minimum absolute atomic E-state index is 0.0257. The number of likely N-dealkylation sites (N-methyl/N-ethyl adjacent to an activating group) is 2. The van der Waals surface area contributed by atoms with E-state index in [4.69, 9.17) is 4.18 Å². The van der Waals surface area contributed by atoms with Gasteiger partial charge in [-0.15, -0.1) is 0 Å². The molecular formula is C27H45N3O5S. The number of hydrogen-bond donors (Lipinski definition) is 2. The molecule has 2 N–H and O–H groups in total. The van der Waals surface area contributed by atoms with Gasteiger partial charge in [-0.2, -0.15) is 8.42 Å². The lowest BCUT2D eigenvalue weighted by molar-refractivity contribution is -0.140. The van der Waals surface area contributed by atoms with Crippen molar-refractivity contribution >= 4 is 21.9 Å². The van der Waals surface area contributed by atoms with Crippen LogP contribution in [0.25, 0.3) is 0 Å². The van der Waals surface area contributed by atoms with Crippen LogP contribution in [0.3, 0.4) is 0 Å². The summed E-state index contributed by atoms with van der Waals surface area (Å²) in [5, 5.41) is 7.11. The first-order valence-corrected chi connectivity index (χ1v) is 13.8. The third kappa shape index (κ3) is 8.42. The lowest BCUT2D eigenvalue weighted by Gasteiger charge is -2.39.